The van der Waals surface area contributed by atoms with Crippen LogP contribution in [0, 0.1) is 15.9 Å². The quantitative estimate of drug-likeness (QED) is 0.295. The van der Waals surface area contributed by atoms with Crippen molar-refractivity contribution in [1.29, 1.82) is 0 Å². The molecule has 9 heteroatoms. The third-order valence-electron chi connectivity index (χ3n) is 3.34. The van der Waals surface area contributed by atoms with Crippen LogP contribution in [0.4, 0.5) is 15.8 Å². The molecular weight excluding hydrogens is 431 g/mol. The number of nitrogens with zero attached hydrogens (tertiary/aromatic N) is 2. The van der Waals surface area contributed by atoms with Crippen molar-refractivity contribution in [2.45, 2.75) is 0 Å². The average Bonchev–Trinajstić information content (AvgIpc) is 2.85. The average molecular weight is 439 g/mol. The molecule has 1 fully saturated rings. The molecule has 0 aromatic heterocycles. The minimum Gasteiger partial charge on any atom is -0.268 e. The van der Waals surface area contributed by atoms with E-state index in [1.165, 1.54) is 35.2 Å². The van der Waals surface area contributed by atoms with Crippen molar-refractivity contribution in [2.24, 2.45) is 0 Å². The molecule has 1 aliphatic heterocycles. The minimum atomic E-state index is -0.548. The zero-order valence-electron chi connectivity index (χ0n) is 12.3. The van der Waals surface area contributed by atoms with Gasteiger partial charge >= 0.3 is 0 Å². The monoisotopic (exact) mass is 438 g/mol. The second-order valence-electron chi connectivity index (χ2n) is 4.96. The summed E-state index contributed by atoms with van der Waals surface area (Å²) in [5.74, 6) is -0.918. The summed E-state index contributed by atoms with van der Waals surface area (Å²) in [6, 6.07) is 10.0. The lowest BCUT2D eigenvalue weighted by Crippen LogP contribution is -2.27. The predicted molar refractivity (Wildman–Crippen MR) is 103 cm³/mol. The number of hydrogen-bond acceptors (Lipinski definition) is 5. The Balaban J connectivity index is 1.98. The van der Waals surface area contributed by atoms with E-state index in [2.05, 4.69) is 15.9 Å². The van der Waals surface area contributed by atoms with Gasteiger partial charge in [0.15, 0.2) is 4.32 Å². The van der Waals surface area contributed by atoms with Crippen LogP contribution in [0.2, 0.25) is 0 Å². The number of carbonyl (C=O) groups excluding carboxylic acids is 1. The van der Waals surface area contributed by atoms with Gasteiger partial charge in [-0.2, -0.15) is 0 Å². The van der Waals surface area contributed by atoms with Crippen LogP contribution in [-0.4, -0.2) is 15.2 Å². The molecule has 2 aromatic carbocycles. The zero-order chi connectivity index (χ0) is 18.1. The summed E-state index contributed by atoms with van der Waals surface area (Å²) in [5, 5.41) is 10.9. The Hall–Kier alpha value is -2.10. The summed E-state index contributed by atoms with van der Waals surface area (Å²) in [7, 11) is 0. The molecule has 3 rings (SSSR count). The largest absolute Gasteiger partial charge is 0.271 e. The summed E-state index contributed by atoms with van der Waals surface area (Å²) in [6.07, 6.45) is 1.41. The summed E-state index contributed by atoms with van der Waals surface area (Å²) < 4.78 is 14.8. The Kier molecular flexibility index (Phi) is 4.98. The Morgan fingerprint density at radius 1 is 1.28 bits per heavy atom. The normalized spacial score (nSPS) is 15.9. The van der Waals surface area contributed by atoms with E-state index in [1.807, 2.05) is 0 Å². The Labute approximate surface area is 159 Å². The van der Waals surface area contributed by atoms with Crippen molar-refractivity contribution >= 4 is 67.6 Å². The predicted octanol–water partition coefficient (Wildman–Crippen LogP) is 4.90. The first-order valence-electron chi connectivity index (χ1n) is 6.84. The molecule has 0 N–H and O–H groups in total. The first-order chi connectivity index (χ1) is 11.9. The summed E-state index contributed by atoms with van der Waals surface area (Å²) >= 11 is 9.49. The van der Waals surface area contributed by atoms with E-state index in [9.17, 15) is 19.3 Å². The van der Waals surface area contributed by atoms with E-state index in [-0.39, 0.29) is 20.5 Å². The lowest BCUT2D eigenvalue weighted by Gasteiger charge is -2.13. The lowest BCUT2D eigenvalue weighted by molar-refractivity contribution is -0.384. The highest BCUT2D eigenvalue weighted by Crippen LogP contribution is 2.37. The van der Waals surface area contributed by atoms with Gasteiger partial charge in [-0.15, -0.1) is 0 Å². The maximum atomic E-state index is 13.9. The van der Waals surface area contributed by atoms with Crippen LogP contribution in [-0.2, 0) is 4.79 Å². The van der Waals surface area contributed by atoms with Crippen LogP contribution >= 0.6 is 39.9 Å². The summed E-state index contributed by atoms with van der Waals surface area (Å²) in [4.78, 5) is 24.5. The second-order valence-corrected chi connectivity index (χ2v) is 7.55. The number of carbonyl (C=O) groups is 1. The highest BCUT2D eigenvalue weighted by atomic mass is 79.9. The number of non-ortho nitro benzene ring substituents is 1. The third kappa shape index (κ3) is 3.63. The van der Waals surface area contributed by atoms with Crippen LogP contribution in [0.15, 0.2) is 51.8 Å². The van der Waals surface area contributed by atoms with E-state index in [1.54, 1.807) is 18.2 Å². The van der Waals surface area contributed by atoms with Gasteiger partial charge in [0.25, 0.3) is 11.6 Å². The highest BCUT2D eigenvalue weighted by molar-refractivity contribution is 9.10. The van der Waals surface area contributed by atoms with E-state index >= 15 is 0 Å². The third-order valence-corrected chi connectivity index (χ3v) is 5.13. The fourth-order valence-electron chi connectivity index (χ4n) is 2.20. The smallest absolute Gasteiger partial charge is 0.268 e. The van der Waals surface area contributed by atoms with Crippen LogP contribution < -0.4 is 4.90 Å². The van der Waals surface area contributed by atoms with E-state index in [0.29, 0.717) is 10.2 Å². The maximum absolute atomic E-state index is 13.9. The van der Waals surface area contributed by atoms with Crippen molar-refractivity contribution in [1.82, 2.24) is 0 Å². The number of anilines is 1. The lowest BCUT2D eigenvalue weighted by atomic mass is 10.2. The molecule has 0 unspecified atom stereocenters. The Morgan fingerprint density at radius 3 is 2.76 bits per heavy atom. The first-order valence-corrected chi connectivity index (χ1v) is 8.86. The highest BCUT2D eigenvalue weighted by Gasteiger charge is 2.34. The number of nitro groups is 1. The molecule has 0 saturated carbocycles. The molecule has 5 nitrogen and oxygen atoms in total. The fraction of sp³-hybridized carbons (Fsp3) is 0. The van der Waals surface area contributed by atoms with E-state index in [0.717, 1.165) is 11.8 Å². The van der Waals surface area contributed by atoms with Gasteiger partial charge in [-0.25, -0.2) is 4.39 Å². The van der Waals surface area contributed by atoms with Gasteiger partial charge in [-0.05, 0) is 30.3 Å². The summed E-state index contributed by atoms with van der Waals surface area (Å²) in [6.45, 7) is 0. The molecule has 25 heavy (non-hydrogen) atoms. The number of halogens is 2. The second kappa shape index (κ2) is 7.03. The van der Waals surface area contributed by atoms with Gasteiger partial charge in [0, 0.05) is 22.2 Å². The minimum absolute atomic E-state index is 0.145. The van der Waals surface area contributed by atoms with Crippen molar-refractivity contribution in [3.63, 3.8) is 0 Å². The molecule has 0 atom stereocenters. The molecule has 1 saturated heterocycles. The van der Waals surface area contributed by atoms with E-state index < -0.39 is 16.6 Å². The standard InChI is InChI=1S/C16H8BrFN2O3S2/c17-10-4-5-13(18)9(6-10)7-14-15(21)19(16(24)25-14)11-2-1-3-12(8-11)20(22)23/h1-8H/b14-7+. The van der Waals surface area contributed by atoms with Crippen LogP contribution in [0.3, 0.4) is 0 Å². The number of thiocarbonyl (C=S) groups is 1. The number of benzene rings is 2. The molecule has 0 spiro atoms. The molecular formula is C16H8BrFN2O3S2. The molecule has 0 bridgehead atoms. The molecule has 1 heterocycles. The van der Waals surface area contributed by atoms with Gasteiger partial charge in [0.1, 0.15) is 5.82 Å². The summed E-state index contributed by atoms with van der Waals surface area (Å²) in [5.41, 5.74) is 0.400. The molecule has 0 aliphatic carbocycles. The molecule has 1 aliphatic rings. The molecule has 1 amide bonds. The number of rotatable bonds is 3. The van der Waals surface area contributed by atoms with E-state index in [4.69, 9.17) is 12.2 Å². The van der Waals surface area contributed by atoms with Gasteiger partial charge in [-0.1, -0.05) is 46.0 Å². The fourth-order valence-corrected chi connectivity index (χ4v) is 3.87. The van der Waals surface area contributed by atoms with Crippen LogP contribution in [0.1, 0.15) is 5.56 Å². The van der Waals surface area contributed by atoms with Crippen LogP contribution in [0.25, 0.3) is 6.08 Å². The Morgan fingerprint density at radius 2 is 2.04 bits per heavy atom. The van der Waals surface area contributed by atoms with Gasteiger partial charge in [-0.3, -0.25) is 19.8 Å². The number of nitro benzene ring substituents is 1. The SMILES string of the molecule is O=C1/C(=C\c2cc(Br)ccc2F)SC(=S)N1c1cccc([N+](=O)[O-])c1. The van der Waals surface area contributed by atoms with Crippen molar-refractivity contribution in [3.05, 3.63) is 73.3 Å². The number of thioether (sulfide) groups is 1. The molecule has 2 aromatic rings. The first kappa shape index (κ1) is 17.7. The van der Waals surface area contributed by atoms with Crippen LogP contribution in [0.5, 0.6) is 0 Å². The Bertz CT molecular complexity index is 949. The number of amides is 1. The molecule has 0 radical (unpaired) electrons. The molecule has 126 valence electrons. The van der Waals surface area contributed by atoms with Gasteiger partial charge < -0.3 is 0 Å². The van der Waals surface area contributed by atoms with Gasteiger partial charge in [0.2, 0.25) is 0 Å². The van der Waals surface area contributed by atoms with Crippen molar-refractivity contribution in [2.75, 3.05) is 4.90 Å². The number of hydrogen-bond donors (Lipinski definition) is 0. The van der Waals surface area contributed by atoms with Crippen molar-refractivity contribution < 1.29 is 14.1 Å². The zero-order valence-corrected chi connectivity index (χ0v) is 15.5. The topological polar surface area (TPSA) is 63.5 Å². The van der Waals surface area contributed by atoms with Crippen molar-refractivity contribution in [3.8, 4) is 0 Å². The van der Waals surface area contributed by atoms with Gasteiger partial charge in [0.05, 0.1) is 15.5 Å². The maximum Gasteiger partial charge on any atom is 0.271 e.